The Morgan fingerprint density at radius 3 is 2.38 bits per heavy atom. The molecule has 0 aromatic heterocycles. The maximum absolute atomic E-state index is 14.0. The van der Waals surface area contributed by atoms with Gasteiger partial charge in [-0.2, -0.15) is 0 Å². The number of hydrogen-bond donors (Lipinski definition) is 0. The number of fused-ring (bicyclic) bond motifs is 3. The molecule has 2 aromatic rings. The minimum atomic E-state index is -0.365. The lowest BCUT2D eigenvalue weighted by Gasteiger charge is -2.02. The molecule has 78 valence electrons. The molecule has 0 fully saturated rings. The van der Waals surface area contributed by atoms with Crippen LogP contribution in [0.15, 0.2) is 40.9 Å². The van der Waals surface area contributed by atoms with Gasteiger partial charge in [0.15, 0.2) is 5.78 Å². The van der Waals surface area contributed by atoms with Gasteiger partial charge in [0.1, 0.15) is 5.82 Å². The molecule has 0 heterocycles. The summed E-state index contributed by atoms with van der Waals surface area (Å²) >= 11 is 3.13. The molecular weight excluding hydrogens is 271 g/mol. The van der Waals surface area contributed by atoms with Gasteiger partial charge in [0.05, 0.1) is 4.47 Å². The molecule has 0 saturated heterocycles. The van der Waals surface area contributed by atoms with Crippen LogP contribution in [0.4, 0.5) is 4.39 Å². The number of benzene rings is 2. The van der Waals surface area contributed by atoms with Gasteiger partial charge in [-0.1, -0.05) is 24.3 Å². The Morgan fingerprint density at radius 2 is 1.62 bits per heavy atom. The number of carbonyl (C=O) groups is 1. The fraction of sp³-hybridized carbons (Fsp3) is 0. The summed E-state index contributed by atoms with van der Waals surface area (Å²) in [5.41, 5.74) is 2.12. The first kappa shape index (κ1) is 9.73. The summed E-state index contributed by atoms with van der Waals surface area (Å²) in [6.45, 7) is 0. The minimum absolute atomic E-state index is 0.1000. The zero-order valence-corrected chi connectivity index (χ0v) is 9.71. The van der Waals surface area contributed by atoms with Gasteiger partial charge in [-0.25, -0.2) is 4.39 Å². The fourth-order valence-corrected chi connectivity index (χ4v) is 2.38. The van der Waals surface area contributed by atoms with Gasteiger partial charge in [0.25, 0.3) is 0 Å². The highest BCUT2D eigenvalue weighted by Gasteiger charge is 2.29. The Hall–Kier alpha value is -1.48. The number of carbonyl (C=O) groups excluding carboxylic acids is 1. The molecule has 3 heteroatoms. The van der Waals surface area contributed by atoms with E-state index in [0.717, 1.165) is 0 Å². The summed E-state index contributed by atoms with van der Waals surface area (Å²) in [4.78, 5) is 12.0. The molecule has 0 amide bonds. The molecule has 0 atom stereocenters. The van der Waals surface area contributed by atoms with Crippen molar-refractivity contribution in [1.82, 2.24) is 0 Å². The highest BCUT2D eigenvalue weighted by atomic mass is 79.9. The lowest BCUT2D eigenvalue weighted by Crippen LogP contribution is -1.95. The molecule has 0 bridgehead atoms. The van der Waals surface area contributed by atoms with Crippen molar-refractivity contribution in [2.24, 2.45) is 0 Å². The fourth-order valence-electron chi connectivity index (χ4n) is 2.05. The van der Waals surface area contributed by atoms with Crippen LogP contribution in [0.25, 0.3) is 11.1 Å². The maximum atomic E-state index is 14.0. The van der Waals surface area contributed by atoms with Crippen molar-refractivity contribution in [1.29, 1.82) is 0 Å². The SMILES string of the molecule is O=C1c2ccccc2-c2c1ccc(Br)c2F. The summed E-state index contributed by atoms with van der Waals surface area (Å²) < 4.78 is 14.3. The predicted octanol–water partition coefficient (Wildman–Crippen LogP) is 3.80. The average molecular weight is 277 g/mol. The first-order chi connectivity index (χ1) is 7.70. The molecule has 0 radical (unpaired) electrons. The zero-order chi connectivity index (χ0) is 11.3. The molecule has 0 saturated carbocycles. The van der Waals surface area contributed by atoms with Crippen molar-refractivity contribution in [3.05, 3.63) is 57.8 Å². The third-order valence-electron chi connectivity index (χ3n) is 2.78. The quantitative estimate of drug-likeness (QED) is 0.610. The van der Waals surface area contributed by atoms with Crippen LogP contribution in [0.5, 0.6) is 0 Å². The second-order valence-electron chi connectivity index (χ2n) is 3.66. The van der Waals surface area contributed by atoms with E-state index in [1.165, 1.54) is 0 Å². The molecule has 16 heavy (non-hydrogen) atoms. The zero-order valence-electron chi connectivity index (χ0n) is 8.13. The number of ketones is 1. The Bertz CT molecular complexity index is 619. The third kappa shape index (κ3) is 1.12. The minimum Gasteiger partial charge on any atom is -0.289 e. The molecule has 1 aliphatic carbocycles. The van der Waals surface area contributed by atoms with Gasteiger partial charge in [0, 0.05) is 16.7 Å². The van der Waals surface area contributed by atoms with Gasteiger partial charge in [-0.15, -0.1) is 0 Å². The van der Waals surface area contributed by atoms with Gasteiger partial charge >= 0.3 is 0 Å². The molecule has 2 aromatic carbocycles. The number of halogens is 2. The smallest absolute Gasteiger partial charge is 0.194 e. The van der Waals surface area contributed by atoms with Crippen molar-refractivity contribution in [2.45, 2.75) is 0 Å². The van der Waals surface area contributed by atoms with Crippen LogP contribution in [0.3, 0.4) is 0 Å². The summed E-state index contributed by atoms with van der Waals surface area (Å²) in [6.07, 6.45) is 0. The van der Waals surface area contributed by atoms with Crippen LogP contribution in [-0.4, -0.2) is 5.78 Å². The molecule has 3 rings (SSSR count). The third-order valence-corrected chi connectivity index (χ3v) is 3.39. The van der Waals surface area contributed by atoms with E-state index in [9.17, 15) is 9.18 Å². The molecule has 0 unspecified atom stereocenters. The summed E-state index contributed by atoms with van der Waals surface area (Å²) in [7, 11) is 0. The predicted molar refractivity (Wildman–Crippen MR) is 63.0 cm³/mol. The lowest BCUT2D eigenvalue weighted by atomic mass is 10.1. The second-order valence-corrected chi connectivity index (χ2v) is 4.51. The largest absolute Gasteiger partial charge is 0.289 e. The Labute approximate surface area is 100 Å². The highest BCUT2D eigenvalue weighted by molar-refractivity contribution is 9.10. The van der Waals surface area contributed by atoms with Crippen LogP contribution in [0.1, 0.15) is 15.9 Å². The normalized spacial score (nSPS) is 12.5. The van der Waals surface area contributed by atoms with Gasteiger partial charge in [-0.3, -0.25) is 4.79 Å². The van der Waals surface area contributed by atoms with E-state index in [-0.39, 0.29) is 11.6 Å². The van der Waals surface area contributed by atoms with Crippen molar-refractivity contribution >= 4 is 21.7 Å². The molecule has 0 spiro atoms. The van der Waals surface area contributed by atoms with E-state index in [2.05, 4.69) is 15.9 Å². The van der Waals surface area contributed by atoms with E-state index in [1.807, 2.05) is 6.07 Å². The van der Waals surface area contributed by atoms with Crippen LogP contribution in [0, 0.1) is 5.82 Å². The van der Waals surface area contributed by atoms with E-state index in [0.29, 0.717) is 26.7 Å². The van der Waals surface area contributed by atoms with Gasteiger partial charge in [-0.05, 0) is 33.6 Å². The Balaban J connectivity index is 2.44. The van der Waals surface area contributed by atoms with E-state index >= 15 is 0 Å². The molecule has 0 N–H and O–H groups in total. The van der Waals surface area contributed by atoms with Crippen molar-refractivity contribution in [2.75, 3.05) is 0 Å². The number of hydrogen-bond acceptors (Lipinski definition) is 1. The van der Waals surface area contributed by atoms with Gasteiger partial charge < -0.3 is 0 Å². The van der Waals surface area contributed by atoms with Crippen LogP contribution in [0.2, 0.25) is 0 Å². The first-order valence-corrected chi connectivity index (χ1v) is 5.61. The second kappa shape index (κ2) is 3.25. The van der Waals surface area contributed by atoms with Crippen LogP contribution < -0.4 is 0 Å². The lowest BCUT2D eigenvalue weighted by molar-refractivity contribution is 0.104. The Morgan fingerprint density at radius 1 is 0.938 bits per heavy atom. The van der Waals surface area contributed by atoms with Gasteiger partial charge in [0.2, 0.25) is 0 Å². The Kier molecular flexibility index (Phi) is 1.98. The topological polar surface area (TPSA) is 17.1 Å². The number of rotatable bonds is 0. The van der Waals surface area contributed by atoms with Crippen molar-refractivity contribution in [3.8, 4) is 11.1 Å². The standard InChI is InChI=1S/C13H6BrFO/c14-10-6-5-9-11(12(10)15)7-3-1-2-4-8(7)13(9)16/h1-6H. The highest BCUT2D eigenvalue weighted by Crippen LogP contribution is 2.40. The van der Waals surface area contributed by atoms with Crippen molar-refractivity contribution < 1.29 is 9.18 Å². The summed E-state index contributed by atoms with van der Waals surface area (Å²) in [6, 6.07) is 10.3. The van der Waals surface area contributed by atoms with Crippen LogP contribution in [-0.2, 0) is 0 Å². The first-order valence-electron chi connectivity index (χ1n) is 4.82. The molecule has 1 nitrogen and oxygen atoms in total. The van der Waals surface area contributed by atoms with Crippen molar-refractivity contribution in [3.63, 3.8) is 0 Å². The maximum Gasteiger partial charge on any atom is 0.194 e. The summed E-state index contributed by atoms with van der Waals surface area (Å²) in [5.74, 6) is -0.465. The average Bonchev–Trinajstić information content (AvgIpc) is 2.59. The van der Waals surface area contributed by atoms with E-state index in [1.54, 1.807) is 30.3 Å². The van der Waals surface area contributed by atoms with Crippen LogP contribution >= 0.6 is 15.9 Å². The molecular formula is C13H6BrFO. The van der Waals surface area contributed by atoms with E-state index in [4.69, 9.17) is 0 Å². The molecule has 1 aliphatic rings. The monoisotopic (exact) mass is 276 g/mol. The van der Waals surface area contributed by atoms with E-state index < -0.39 is 0 Å². The summed E-state index contributed by atoms with van der Waals surface area (Å²) in [5, 5.41) is 0. The molecule has 0 aliphatic heterocycles.